The molecule has 0 fully saturated rings. The lowest BCUT2D eigenvalue weighted by atomic mass is 9.93. The van der Waals surface area contributed by atoms with Crippen LogP contribution >= 0.6 is 0 Å². The van der Waals surface area contributed by atoms with Crippen molar-refractivity contribution in [3.63, 3.8) is 0 Å². The van der Waals surface area contributed by atoms with Gasteiger partial charge in [-0.3, -0.25) is 4.68 Å². The number of aryl methyl sites for hydroxylation is 1. The summed E-state index contributed by atoms with van der Waals surface area (Å²) in [6.07, 6.45) is 0.936. The van der Waals surface area contributed by atoms with E-state index < -0.39 is 5.23 Å². The number of quaternary nitrogens is 1. The van der Waals surface area contributed by atoms with Gasteiger partial charge >= 0.3 is 0 Å². The number of fused-ring (bicyclic) bond motifs is 3. The lowest BCUT2D eigenvalue weighted by Crippen LogP contribution is -2.99. The van der Waals surface area contributed by atoms with Crippen LogP contribution in [0.4, 0.5) is 5.69 Å². The number of nitrogens with one attached hydrogen (secondary N) is 3. The lowest BCUT2D eigenvalue weighted by Gasteiger charge is -2.26. The first-order valence-corrected chi connectivity index (χ1v) is 11.3. The van der Waals surface area contributed by atoms with Crippen molar-refractivity contribution in [2.24, 2.45) is 0 Å². The minimum absolute atomic E-state index is 0.00170. The summed E-state index contributed by atoms with van der Waals surface area (Å²) in [5.41, 5.74) is 6.99. The molecule has 0 saturated heterocycles. The fourth-order valence-corrected chi connectivity index (χ4v) is 5.04. The van der Waals surface area contributed by atoms with Gasteiger partial charge in [-0.2, -0.15) is 10.3 Å². The Balaban J connectivity index is 1.55. The Kier molecular flexibility index (Phi) is 5.78. The van der Waals surface area contributed by atoms with Gasteiger partial charge in [-0.05, 0) is 61.7 Å². The number of H-pyrrole nitrogens is 1. The van der Waals surface area contributed by atoms with Gasteiger partial charge in [-0.15, -0.1) is 0 Å². The second-order valence-corrected chi connectivity index (χ2v) is 8.65. The van der Waals surface area contributed by atoms with Crippen molar-refractivity contribution in [2.75, 3.05) is 20.8 Å². The van der Waals surface area contributed by atoms with Crippen molar-refractivity contribution in [2.45, 2.75) is 32.9 Å². The molecule has 1 aliphatic heterocycles. The van der Waals surface area contributed by atoms with Gasteiger partial charge in [-0.1, -0.05) is 6.07 Å². The van der Waals surface area contributed by atoms with Crippen molar-refractivity contribution in [1.82, 2.24) is 20.1 Å². The van der Waals surface area contributed by atoms with Gasteiger partial charge in [-0.25, -0.2) is 5.21 Å². The molecule has 2 aromatic carbocycles. The molecule has 4 aromatic rings. The number of rotatable bonds is 6. The zero-order valence-corrected chi connectivity index (χ0v) is 19.7. The maximum atomic E-state index is 11.6. The van der Waals surface area contributed by atoms with Gasteiger partial charge < -0.3 is 25.0 Å². The Morgan fingerprint density at radius 1 is 1.18 bits per heavy atom. The molecule has 2 unspecified atom stereocenters. The molecule has 9 nitrogen and oxygen atoms in total. The van der Waals surface area contributed by atoms with E-state index in [0.29, 0.717) is 17.9 Å². The standard InChI is InChI=1S/C25H29N5O4/c1-14-25(30(31)32)15(2)29(28-14)13-17-11-16(5-8-22(17)34-4)23-24-19(9-10-26-23)20-12-18(33-3)6-7-21(20)27-24/h5-8,11-12,23,26-27,30-31H,9-10,13H2,1-4H3. The fourth-order valence-electron chi connectivity index (χ4n) is 5.04. The maximum Gasteiger partial charge on any atom is 0.207 e. The molecular weight excluding hydrogens is 434 g/mol. The van der Waals surface area contributed by atoms with E-state index in [4.69, 9.17) is 9.47 Å². The van der Waals surface area contributed by atoms with Gasteiger partial charge in [0, 0.05) is 28.7 Å². The zero-order valence-electron chi connectivity index (χ0n) is 19.7. The van der Waals surface area contributed by atoms with E-state index >= 15 is 0 Å². The number of aromatic nitrogens is 3. The Morgan fingerprint density at radius 3 is 2.71 bits per heavy atom. The Morgan fingerprint density at radius 2 is 2.00 bits per heavy atom. The second kappa shape index (κ2) is 8.77. The van der Waals surface area contributed by atoms with E-state index in [1.807, 2.05) is 12.1 Å². The predicted octanol–water partition coefficient (Wildman–Crippen LogP) is 2.69. The largest absolute Gasteiger partial charge is 0.595 e. The molecule has 5 rings (SSSR count). The molecule has 4 N–H and O–H groups in total. The van der Waals surface area contributed by atoms with Gasteiger partial charge in [0.1, 0.15) is 22.9 Å². The topological polar surface area (TPSA) is 112 Å². The highest BCUT2D eigenvalue weighted by atomic mass is 16.8. The van der Waals surface area contributed by atoms with Crippen molar-refractivity contribution in [1.29, 1.82) is 0 Å². The molecule has 2 atom stereocenters. The number of benzene rings is 2. The Hall–Kier alpha value is -3.37. The van der Waals surface area contributed by atoms with Crippen LogP contribution in [0.25, 0.3) is 10.9 Å². The smallest absolute Gasteiger partial charge is 0.207 e. The van der Waals surface area contributed by atoms with Crippen LogP contribution in [0, 0.1) is 19.1 Å². The first-order valence-electron chi connectivity index (χ1n) is 11.3. The quantitative estimate of drug-likeness (QED) is 0.327. The Labute approximate surface area is 197 Å². The Bertz CT molecular complexity index is 1360. The first kappa shape index (κ1) is 22.4. The predicted molar refractivity (Wildman–Crippen MR) is 128 cm³/mol. The van der Waals surface area contributed by atoms with E-state index in [-0.39, 0.29) is 11.7 Å². The van der Waals surface area contributed by atoms with Crippen LogP contribution in [0.2, 0.25) is 0 Å². The molecule has 0 aliphatic carbocycles. The van der Waals surface area contributed by atoms with Crippen molar-refractivity contribution < 1.29 is 19.9 Å². The van der Waals surface area contributed by atoms with Crippen LogP contribution in [-0.2, 0) is 13.0 Å². The monoisotopic (exact) mass is 463 g/mol. The average molecular weight is 464 g/mol. The summed E-state index contributed by atoms with van der Waals surface area (Å²) in [5, 5.41) is 29.5. The molecule has 3 heterocycles. The zero-order chi connectivity index (χ0) is 24.0. The van der Waals surface area contributed by atoms with Gasteiger partial charge in [0.05, 0.1) is 26.8 Å². The summed E-state index contributed by atoms with van der Waals surface area (Å²) in [6, 6.07) is 12.3. The molecule has 34 heavy (non-hydrogen) atoms. The molecule has 0 spiro atoms. The van der Waals surface area contributed by atoms with E-state index in [9.17, 15) is 10.4 Å². The highest BCUT2D eigenvalue weighted by Gasteiger charge is 2.26. The second-order valence-electron chi connectivity index (χ2n) is 8.65. The molecular formula is C25H29N5O4. The number of hydrogen-bond donors (Lipinski definition) is 4. The number of hydrogen-bond acceptors (Lipinski definition) is 6. The van der Waals surface area contributed by atoms with Crippen LogP contribution in [0.5, 0.6) is 11.5 Å². The van der Waals surface area contributed by atoms with Gasteiger partial charge in [0.25, 0.3) is 0 Å². The molecule has 0 radical (unpaired) electrons. The number of aromatic amines is 1. The summed E-state index contributed by atoms with van der Waals surface area (Å²) in [6.45, 7) is 4.79. The van der Waals surface area contributed by atoms with Crippen LogP contribution in [0.15, 0.2) is 36.4 Å². The normalized spacial score (nSPS) is 16.5. The molecule has 178 valence electrons. The number of ether oxygens (including phenoxy) is 2. The molecule has 0 bridgehead atoms. The average Bonchev–Trinajstić information content (AvgIpc) is 3.34. The van der Waals surface area contributed by atoms with Gasteiger partial charge in [0.2, 0.25) is 5.69 Å². The molecule has 9 heteroatoms. The van der Waals surface area contributed by atoms with Crippen LogP contribution in [0.3, 0.4) is 0 Å². The maximum absolute atomic E-state index is 11.6. The van der Waals surface area contributed by atoms with Crippen LogP contribution in [0.1, 0.15) is 39.8 Å². The fraction of sp³-hybridized carbons (Fsp3) is 0.320. The third kappa shape index (κ3) is 3.72. The third-order valence-electron chi connectivity index (χ3n) is 6.71. The molecule has 0 saturated carbocycles. The van der Waals surface area contributed by atoms with E-state index in [1.54, 1.807) is 32.7 Å². The minimum Gasteiger partial charge on any atom is -0.595 e. The highest BCUT2D eigenvalue weighted by molar-refractivity contribution is 5.86. The van der Waals surface area contributed by atoms with Crippen molar-refractivity contribution in [3.8, 4) is 11.5 Å². The van der Waals surface area contributed by atoms with Crippen molar-refractivity contribution in [3.05, 3.63) is 75.4 Å². The number of nitrogens with zero attached hydrogens (tertiary/aromatic N) is 2. The number of methoxy groups -OCH3 is 2. The van der Waals surface area contributed by atoms with Gasteiger partial charge in [0.15, 0.2) is 0 Å². The molecule has 2 aromatic heterocycles. The van der Waals surface area contributed by atoms with E-state index in [1.165, 1.54) is 10.9 Å². The summed E-state index contributed by atoms with van der Waals surface area (Å²) < 4.78 is 12.8. The van der Waals surface area contributed by atoms with Crippen LogP contribution in [-0.4, -0.2) is 40.7 Å². The van der Waals surface area contributed by atoms with E-state index in [0.717, 1.165) is 46.8 Å². The summed E-state index contributed by atoms with van der Waals surface area (Å²) in [7, 11) is 3.33. The summed E-state index contributed by atoms with van der Waals surface area (Å²) >= 11 is 0. The van der Waals surface area contributed by atoms with Crippen LogP contribution < -0.4 is 20.0 Å². The summed E-state index contributed by atoms with van der Waals surface area (Å²) in [4.78, 5) is 3.61. The minimum atomic E-state index is -0.962. The lowest BCUT2D eigenvalue weighted by molar-refractivity contribution is -0.991. The third-order valence-corrected chi connectivity index (χ3v) is 6.71. The SMILES string of the molecule is COc1ccc2[nH]c3c(c2c1)CCNC3c1ccc(OC)c(Cn2nc(C)c([NH+]([O-])O)c2C)c1. The van der Waals surface area contributed by atoms with Crippen molar-refractivity contribution >= 4 is 16.6 Å². The summed E-state index contributed by atoms with van der Waals surface area (Å²) in [5.74, 6) is 1.59. The molecule has 1 aliphatic rings. The molecule has 0 amide bonds. The highest BCUT2D eigenvalue weighted by Crippen LogP contribution is 2.36. The first-order chi connectivity index (χ1) is 16.4. The van der Waals surface area contributed by atoms with E-state index in [2.05, 4.69) is 39.7 Å².